The van der Waals surface area contributed by atoms with Gasteiger partial charge in [-0.3, -0.25) is 4.79 Å². The van der Waals surface area contributed by atoms with Crippen LogP contribution in [-0.2, 0) is 0 Å². The highest BCUT2D eigenvalue weighted by Gasteiger charge is 2.16. The van der Waals surface area contributed by atoms with Crippen LogP contribution in [0.3, 0.4) is 0 Å². The lowest BCUT2D eigenvalue weighted by Gasteiger charge is -2.02. The first-order chi connectivity index (χ1) is 10.6. The highest BCUT2D eigenvalue weighted by molar-refractivity contribution is 7.41. The second kappa shape index (κ2) is 5.20. The van der Waals surface area contributed by atoms with E-state index >= 15 is 0 Å². The SMILES string of the molecule is Cc1sc2sc3cc(Cl)ccc3c(=O)c2c1-c1ccccc1. The molecule has 2 heterocycles. The van der Waals surface area contributed by atoms with Gasteiger partial charge in [-0.1, -0.05) is 41.9 Å². The summed E-state index contributed by atoms with van der Waals surface area (Å²) in [5.41, 5.74) is 2.27. The highest BCUT2D eigenvalue weighted by atomic mass is 35.5. The molecule has 0 spiro atoms. The molecule has 0 radical (unpaired) electrons. The Kier molecular flexibility index (Phi) is 3.30. The van der Waals surface area contributed by atoms with E-state index in [4.69, 9.17) is 11.6 Å². The molecule has 0 fully saturated rings. The number of aryl methyl sites for hydroxylation is 1. The Morgan fingerprint density at radius 1 is 1.00 bits per heavy atom. The van der Waals surface area contributed by atoms with E-state index in [1.165, 1.54) is 4.88 Å². The van der Waals surface area contributed by atoms with Crippen LogP contribution in [0.4, 0.5) is 0 Å². The fourth-order valence-electron chi connectivity index (χ4n) is 2.75. The molecule has 0 saturated carbocycles. The van der Waals surface area contributed by atoms with Gasteiger partial charge in [-0.2, -0.15) is 0 Å². The molecular formula is C18H11ClOS2. The number of rotatable bonds is 1. The van der Waals surface area contributed by atoms with Crippen LogP contribution in [0.25, 0.3) is 30.6 Å². The van der Waals surface area contributed by atoms with Gasteiger partial charge in [0.15, 0.2) is 5.43 Å². The van der Waals surface area contributed by atoms with E-state index in [2.05, 4.69) is 19.1 Å². The maximum Gasteiger partial charge on any atom is 0.197 e. The van der Waals surface area contributed by atoms with Crippen molar-refractivity contribution in [3.05, 3.63) is 68.7 Å². The zero-order valence-electron chi connectivity index (χ0n) is 11.7. The van der Waals surface area contributed by atoms with Crippen LogP contribution in [0.5, 0.6) is 0 Å². The quantitative estimate of drug-likeness (QED) is 0.408. The molecule has 0 aliphatic heterocycles. The molecule has 4 aromatic rings. The number of benzene rings is 2. The Morgan fingerprint density at radius 2 is 1.77 bits per heavy atom. The minimum atomic E-state index is 0.101. The Balaban J connectivity index is 2.18. The fraction of sp³-hybridized carbons (Fsp3) is 0.0556. The molecule has 2 aromatic carbocycles. The third-order valence-corrected chi connectivity index (χ3v) is 6.31. The van der Waals surface area contributed by atoms with E-state index < -0.39 is 0 Å². The van der Waals surface area contributed by atoms with Crippen LogP contribution in [-0.4, -0.2) is 0 Å². The van der Waals surface area contributed by atoms with Crippen LogP contribution in [0, 0.1) is 6.92 Å². The van der Waals surface area contributed by atoms with E-state index in [1.807, 2.05) is 30.3 Å². The minimum Gasteiger partial charge on any atom is -0.288 e. The lowest BCUT2D eigenvalue weighted by Crippen LogP contribution is -2.00. The number of hydrogen-bond acceptors (Lipinski definition) is 3. The first-order valence-electron chi connectivity index (χ1n) is 6.86. The molecular weight excluding hydrogens is 332 g/mol. The standard InChI is InChI=1S/C18H11ClOS2/c1-10-15(11-5-3-2-4-6-11)16-17(20)13-8-7-12(19)9-14(13)22-18(16)21-10/h2-9H,1H3. The molecule has 1 nitrogen and oxygen atoms in total. The van der Waals surface area contributed by atoms with Gasteiger partial charge in [0.25, 0.3) is 0 Å². The van der Waals surface area contributed by atoms with Crippen molar-refractivity contribution in [2.24, 2.45) is 0 Å². The summed E-state index contributed by atoms with van der Waals surface area (Å²) in [7, 11) is 0. The largest absolute Gasteiger partial charge is 0.288 e. The molecule has 2 aromatic heterocycles. The van der Waals surface area contributed by atoms with Gasteiger partial charge in [0.2, 0.25) is 0 Å². The Bertz CT molecular complexity index is 1060. The summed E-state index contributed by atoms with van der Waals surface area (Å²) in [6, 6.07) is 15.6. The molecule has 0 unspecified atom stereocenters. The van der Waals surface area contributed by atoms with Gasteiger partial charge in [-0.05, 0) is 30.7 Å². The molecule has 0 aliphatic carbocycles. The van der Waals surface area contributed by atoms with E-state index in [0.717, 1.165) is 30.6 Å². The van der Waals surface area contributed by atoms with E-state index in [0.29, 0.717) is 5.02 Å². The average Bonchev–Trinajstić information content (AvgIpc) is 2.84. The van der Waals surface area contributed by atoms with Crippen LogP contribution < -0.4 is 5.43 Å². The van der Waals surface area contributed by atoms with Crippen molar-refractivity contribution < 1.29 is 0 Å². The van der Waals surface area contributed by atoms with Crippen molar-refractivity contribution in [3.63, 3.8) is 0 Å². The van der Waals surface area contributed by atoms with E-state index in [-0.39, 0.29) is 5.43 Å². The van der Waals surface area contributed by atoms with Crippen LogP contribution in [0.15, 0.2) is 53.3 Å². The van der Waals surface area contributed by atoms with Gasteiger partial charge in [0.05, 0.1) is 9.40 Å². The maximum atomic E-state index is 13.0. The van der Waals surface area contributed by atoms with Crippen molar-refractivity contribution in [2.45, 2.75) is 6.92 Å². The molecule has 108 valence electrons. The summed E-state index contributed by atoms with van der Waals surface area (Å²) in [6.45, 7) is 2.08. The summed E-state index contributed by atoms with van der Waals surface area (Å²) >= 11 is 9.39. The lowest BCUT2D eigenvalue weighted by molar-refractivity contribution is 1.59. The fourth-order valence-corrected chi connectivity index (χ4v) is 5.65. The lowest BCUT2D eigenvalue weighted by atomic mass is 10.0. The maximum absolute atomic E-state index is 13.0. The molecule has 0 bridgehead atoms. The molecule has 22 heavy (non-hydrogen) atoms. The van der Waals surface area contributed by atoms with E-state index in [9.17, 15) is 4.79 Å². The summed E-state index contributed by atoms with van der Waals surface area (Å²) in [5, 5.41) is 2.25. The van der Waals surface area contributed by atoms with Gasteiger partial charge in [0, 0.05) is 25.5 Å². The summed E-state index contributed by atoms with van der Waals surface area (Å²) in [6.07, 6.45) is 0. The number of halogens is 1. The number of thiophene rings is 1. The first kappa shape index (κ1) is 13.9. The Morgan fingerprint density at radius 3 is 2.55 bits per heavy atom. The average molecular weight is 343 g/mol. The molecule has 0 aliphatic rings. The van der Waals surface area contributed by atoms with Crippen molar-refractivity contribution in [2.75, 3.05) is 0 Å². The first-order valence-corrected chi connectivity index (χ1v) is 8.87. The van der Waals surface area contributed by atoms with E-state index in [1.54, 1.807) is 28.7 Å². The normalized spacial score (nSPS) is 11.4. The smallest absolute Gasteiger partial charge is 0.197 e. The Labute approximate surface area is 140 Å². The zero-order chi connectivity index (χ0) is 15.3. The predicted octanol–water partition coefficient (Wildman–Crippen LogP) is 6.11. The third-order valence-electron chi connectivity index (χ3n) is 3.73. The molecule has 0 saturated heterocycles. The third kappa shape index (κ3) is 2.09. The van der Waals surface area contributed by atoms with Crippen molar-refractivity contribution in [3.8, 4) is 11.1 Å². The van der Waals surface area contributed by atoms with Gasteiger partial charge < -0.3 is 0 Å². The van der Waals surface area contributed by atoms with Crippen molar-refractivity contribution in [1.29, 1.82) is 0 Å². The second-order valence-corrected chi connectivity index (χ2v) is 8.11. The van der Waals surface area contributed by atoms with Crippen molar-refractivity contribution in [1.82, 2.24) is 0 Å². The molecule has 0 N–H and O–H groups in total. The molecule has 4 rings (SSSR count). The summed E-state index contributed by atoms with van der Waals surface area (Å²) in [4.78, 5) is 14.2. The Hall–Kier alpha value is -1.68. The van der Waals surface area contributed by atoms with Gasteiger partial charge in [-0.15, -0.1) is 22.7 Å². The number of hydrogen-bond donors (Lipinski definition) is 0. The molecule has 0 amide bonds. The van der Waals surface area contributed by atoms with Gasteiger partial charge >= 0.3 is 0 Å². The molecule has 0 atom stereocenters. The van der Waals surface area contributed by atoms with Gasteiger partial charge in [0.1, 0.15) is 0 Å². The monoisotopic (exact) mass is 342 g/mol. The molecule has 4 heteroatoms. The summed E-state index contributed by atoms with van der Waals surface area (Å²) < 4.78 is 2.02. The van der Waals surface area contributed by atoms with Crippen molar-refractivity contribution >= 4 is 53.8 Å². The van der Waals surface area contributed by atoms with Crippen LogP contribution in [0.2, 0.25) is 5.02 Å². The highest BCUT2D eigenvalue weighted by Crippen LogP contribution is 2.40. The van der Waals surface area contributed by atoms with Crippen LogP contribution >= 0.6 is 34.3 Å². The minimum absolute atomic E-state index is 0.101. The number of fused-ring (bicyclic) bond motifs is 2. The summed E-state index contributed by atoms with van der Waals surface area (Å²) in [5.74, 6) is 0. The van der Waals surface area contributed by atoms with Gasteiger partial charge in [-0.25, -0.2) is 0 Å². The zero-order valence-corrected chi connectivity index (χ0v) is 14.1. The van der Waals surface area contributed by atoms with Crippen LogP contribution in [0.1, 0.15) is 4.88 Å². The second-order valence-electron chi connectivity index (χ2n) is 5.13. The topological polar surface area (TPSA) is 17.1 Å². The predicted molar refractivity (Wildman–Crippen MR) is 98.7 cm³/mol.